The van der Waals surface area contributed by atoms with Gasteiger partial charge in [-0.15, -0.1) is 0 Å². The van der Waals surface area contributed by atoms with Crippen LogP contribution in [0.1, 0.15) is 23.2 Å². The molecule has 6 heteroatoms. The molecule has 0 atom stereocenters. The minimum atomic E-state index is -0.846. The number of hydrogen-bond donors (Lipinski definition) is 1. The van der Waals surface area contributed by atoms with Crippen molar-refractivity contribution in [2.75, 3.05) is 5.32 Å². The zero-order valence-corrected chi connectivity index (χ0v) is 13.5. The van der Waals surface area contributed by atoms with Crippen LogP contribution in [0.3, 0.4) is 0 Å². The number of pyridine rings is 1. The van der Waals surface area contributed by atoms with Crippen LogP contribution in [0.15, 0.2) is 42.6 Å². The van der Waals surface area contributed by atoms with Gasteiger partial charge in [-0.05, 0) is 37.5 Å². The van der Waals surface area contributed by atoms with Gasteiger partial charge in [-0.25, -0.2) is 18.7 Å². The summed E-state index contributed by atoms with van der Waals surface area (Å²) in [5, 5.41) is 3.15. The maximum atomic E-state index is 13.9. The normalized spacial score (nSPS) is 12.9. The SMILES string of the molecule is Fc1cccc(CNc2nc(-c3ccccn3)nc3c2CCC3)c1F. The molecular formula is C19H16F2N4. The van der Waals surface area contributed by atoms with E-state index in [-0.39, 0.29) is 12.1 Å². The molecule has 25 heavy (non-hydrogen) atoms. The second-order valence-electron chi connectivity index (χ2n) is 5.96. The van der Waals surface area contributed by atoms with Crippen LogP contribution in [0.5, 0.6) is 0 Å². The first kappa shape index (κ1) is 15.6. The summed E-state index contributed by atoms with van der Waals surface area (Å²) in [6.45, 7) is 0.161. The summed E-state index contributed by atoms with van der Waals surface area (Å²) < 4.78 is 27.2. The van der Waals surface area contributed by atoms with Gasteiger partial charge >= 0.3 is 0 Å². The highest BCUT2D eigenvalue weighted by molar-refractivity contribution is 5.57. The summed E-state index contributed by atoms with van der Waals surface area (Å²) >= 11 is 0. The quantitative estimate of drug-likeness (QED) is 0.783. The third-order valence-electron chi connectivity index (χ3n) is 4.30. The zero-order valence-electron chi connectivity index (χ0n) is 13.5. The van der Waals surface area contributed by atoms with E-state index in [4.69, 9.17) is 0 Å². The number of rotatable bonds is 4. The molecule has 0 saturated heterocycles. The number of aryl methyl sites for hydroxylation is 1. The molecule has 1 aliphatic rings. The van der Waals surface area contributed by atoms with Crippen molar-refractivity contribution in [3.8, 4) is 11.5 Å². The molecule has 126 valence electrons. The highest BCUT2D eigenvalue weighted by Gasteiger charge is 2.20. The maximum absolute atomic E-state index is 13.9. The van der Waals surface area contributed by atoms with Gasteiger partial charge in [0.25, 0.3) is 0 Å². The van der Waals surface area contributed by atoms with Crippen molar-refractivity contribution >= 4 is 5.82 Å². The number of benzene rings is 1. The fraction of sp³-hybridized carbons (Fsp3) is 0.211. The molecule has 0 aliphatic heterocycles. The molecule has 0 unspecified atom stereocenters. The van der Waals surface area contributed by atoms with E-state index in [1.54, 1.807) is 12.3 Å². The summed E-state index contributed by atoms with van der Waals surface area (Å²) in [6.07, 6.45) is 4.48. The first-order valence-corrected chi connectivity index (χ1v) is 8.20. The number of aromatic nitrogens is 3. The number of nitrogens with one attached hydrogen (secondary N) is 1. The third kappa shape index (κ3) is 3.07. The molecule has 4 nitrogen and oxygen atoms in total. The van der Waals surface area contributed by atoms with Crippen LogP contribution in [0.25, 0.3) is 11.5 Å². The Morgan fingerprint density at radius 1 is 1.00 bits per heavy atom. The molecule has 2 heterocycles. The zero-order chi connectivity index (χ0) is 17.2. The van der Waals surface area contributed by atoms with Crippen molar-refractivity contribution in [1.29, 1.82) is 0 Å². The molecule has 0 fully saturated rings. The van der Waals surface area contributed by atoms with E-state index in [1.807, 2.05) is 18.2 Å². The lowest BCUT2D eigenvalue weighted by Gasteiger charge is -2.12. The van der Waals surface area contributed by atoms with Crippen LogP contribution in [0.2, 0.25) is 0 Å². The van der Waals surface area contributed by atoms with Gasteiger partial charge < -0.3 is 5.32 Å². The van der Waals surface area contributed by atoms with Crippen LogP contribution >= 0.6 is 0 Å². The Bertz CT molecular complexity index is 913. The highest BCUT2D eigenvalue weighted by atomic mass is 19.2. The first-order valence-electron chi connectivity index (χ1n) is 8.20. The molecule has 1 N–H and O–H groups in total. The Morgan fingerprint density at radius 3 is 2.76 bits per heavy atom. The average Bonchev–Trinajstić information content (AvgIpc) is 3.12. The molecule has 4 rings (SSSR count). The standard InChI is InChI=1S/C19H16F2N4/c20-14-7-3-5-12(17(14)21)11-23-18-13-6-4-9-15(13)24-19(25-18)16-8-1-2-10-22-16/h1-3,5,7-8,10H,4,6,9,11H2,(H,23,24,25). The lowest BCUT2D eigenvalue weighted by atomic mass is 10.2. The minimum Gasteiger partial charge on any atom is -0.366 e. The minimum absolute atomic E-state index is 0.161. The van der Waals surface area contributed by atoms with Gasteiger partial charge in [-0.2, -0.15) is 0 Å². The molecular weight excluding hydrogens is 322 g/mol. The van der Waals surface area contributed by atoms with E-state index in [9.17, 15) is 8.78 Å². The van der Waals surface area contributed by atoms with Crippen LogP contribution in [0, 0.1) is 11.6 Å². The number of fused-ring (bicyclic) bond motifs is 1. The van der Waals surface area contributed by atoms with Crippen molar-refractivity contribution < 1.29 is 8.78 Å². The second-order valence-corrected chi connectivity index (χ2v) is 5.96. The summed E-state index contributed by atoms with van der Waals surface area (Å²) in [7, 11) is 0. The van der Waals surface area contributed by atoms with Crippen molar-refractivity contribution in [3.05, 3.63) is 71.1 Å². The fourth-order valence-electron chi connectivity index (χ4n) is 3.05. The van der Waals surface area contributed by atoms with Crippen LogP contribution in [-0.2, 0) is 19.4 Å². The van der Waals surface area contributed by atoms with E-state index in [2.05, 4.69) is 20.3 Å². The summed E-state index contributed by atoms with van der Waals surface area (Å²) in [5.41, 5.74) is 3.01. The largest absolute Gasteiger partial charge is 0.366 e. The van der Waals surface area contributed by atoms with Crippen molar-refractivity contribution in [3.63, 3.8) is 0 Å². The summed E-state index contributed by atoms with van der Waals surface area (Å²) in [6, 6.07) is 9.75. The monoisotopic (exact) mass is 338 g/mol. The predicted molar refractivity (Wildman–Crippen MR) is 91.0 cm³/mol. The van der Waals surface area contributed by atoms with E-state index >= 15 is 0 Å². The van der Waals surface area contributed by atoms with E-state index in [0.717, 1.165) is 36.6 Å². The Morgan fingerprint density at radius 2 is 1.92 bits per heavy atom. The number of nitrogens with zero attached hydrogens (tertiary/aromatic N) is 3. The molecule has 3 aromatic rings. The molecule has 0 amide bonds. The van der Waals surface area contributed by atoms with Crippen LogP contribution in [0.4, 0.5) is 14.6 Å². The first-order chi connectivity index (χ1) is 12.2. The Hall–Kier alpha value is -2.89. The van der Waals surface area contributed by atoms with Crippen molar-refractivity contribution in [2.24, 2.45) is 0 Å². The number of hydrogen-bond acceptors (Lipinski definition) is 4. The molecule has 0 radical (unpaired) electrons. The van der Waals surface area contributed by atoms with Crippen molar-refractivity contribution in [1.82, 2.24) is 15.0 Å². The summed E-state index contributed by atoms with van der Waals surface area (Å²) in [5.74, 6) is -0.456. The Balaban J connectivity index is 1.67. The lowest BCUT2D eigenvalue weighted by molar-refractivity contribution is 0.500. The fourth-order valence-corrected chi connectivity index (χ4v) is 3.05. The van der Waals surface area contributed by atoms with E-state index in [0.29, 0.717) is 17.3 Å². The van der Waals surface area contributed by atoms with Gasteiger partial charge in [0.05, 0.1) is 0 Å². The van der Waals surface area contributed by atoms with Gasteiger partial charge in [-0.1, -0.05) is 18.2 Å². The molecule has 0 saturated carbocycles. The molecule has 0 bridgehead atoms. The second kappa shape index (κ2) is 6.55. The lowest BCUT2D eigenvalue weighted by Crippen LogP contribution is -2.09. The third-order valence-corrected chi connectivity index (χ3v) is 4.30. The van der Waals surface area contributed by atoms with Crippen LogP contribution < -0.4 is 5.32 Å². The van der Waals surface area contributed by atoms with E-state index in [1.165, 1.54) is 6.07 Å². The highest BCUT2D eigenvalue weighted by Crippen LogP contribution is 2.29. The van der Waals surface area contributed by atoms with Crippen LogP contribution in [-0.4, -0.2) is 15.0 Å². The van der Waals surface area contributed by atoms with Gasteiger partial charge in [-0.3, -0.25) is 4.98 Å². The Kier molecular flexibility index (Phi) is 4.09. The van der Waals surface area contributed by atoms with Crippen molar-refractivity contribution in [2.45, 2.75) is 25.8 Å². The maximum Gasteiger partial charge on any atom is 0.180 e. The number of anilines is 1. The summed E-state index contributed by atoms with van der Waals surface area (Å²) in [4.78, 5) is 13.5. The molecule has 2 aromatic heterocycles. The molecule has 1 aromatic carbocycles. The predicted octanol–water partition coefficient (Wildman–Crippen LogP) is 3.92. The topological polar surface area (TPSA) is 50.7 Å². The molecule has 0 spiro atoms. The number of halogens is 2. The van der Waals surface area contributed by atoms with Gasteiger partial charge in [0, 0.05) is 29.6 Å². The average molecular weight is 338 g/mol. The molecule has 1 aliphatic carbocycles. The van der Waals surface area contributed by atoms with Gasteiger partial charge in [0.1, 0.15) is 11.5 Å². The van der Waals surface area contributed by atoms with E-state index < -0.39 is 11.6 Å². The van der Waals surface area contributed by atoms with Gasteiger partial charge in [0.15, 0.2) is 17.5 Å². The van der Waals surface area contributed by atoms with Gasteiger partial charge in [0.2, 0.25) is 0 Å². The Labute approximate surface area is 144 Å². The smallest absolute Gasteiger partial charge is 0.180 e.